The molecule has 7 atom stereocenters. The number of likely N-dealkylation sites (tertiary alicyclic amines) is 1. The highest BCUT2D eigenvalue weighted by Gasteiger charge is 2.77. The Morgan fingerprint density at radius 2 is 1.84 bits per heavy atom. The number of esters is 1. The molecule has 2 bridgehead atoms. The Morgan fingerprint density at radius 3 is 2.40 bits per heavy atom. The second-order valence-corrected chi connectivity index (χ2v) is 13.2. The second-order valence-electron chi connectivity index (χ2n) is 12.0. The molecule has 10 heteroatoms. The maximum Gasteiger partial charge on any atom is 0.312 e. The Hall–Kier alpha value is -2.69. The highest BCUT2D eigenvalue weighted by molar-refractivity contribution is 9.09. The lowest BCUT2D eigenvalue weighted by molar-refractivity contribution is -0.155. The monoisotopic (exact) mass is 659 g/mol. The molecular formula is C33H46BrN3O6. The van der Waals surface area contributed by atoms with E-state index in [9.17, 15) is 19.5 Å². The molecule has 1 spiro atoms. The smallest absolute Gasteiger partial charge is 0.312 e. The van der Waals surface area contributed by atoms with Gasteiger partial charge in [-0.3, -0.25) is 14.4 Å². The molecule has 0 aromatic heterocycles. The summed E-state index contributed by atoms with van der Waals surface area (Å²) < 4.78 is 12.2. The number of carbonyl (C=O) groups is 3. The number of halogens is 1. The minimum absolute atomic E-state index is 0.149. The number of aliphatic hydroxyl groups excluding tert-OH is 1. The maximum atomic E-state index is 14.8. The summed E-state index contributed by atoms with van der Waals surface area (Å²) in [6.45, 7) is 17.6. The summed E-state index contributed by atoms with van der Waals surface area (Å²) in [6.07, 6.45) is 4.07. The van der Waals surface area contributed by atoms with Crippen LogP contribution in [0.2, 0.25) is 0 Å². The predicted molar refractivity (Wildman–Crippen MR) is 171 cm³/mol. The molecule has 3 heterocycles. The van der Waals surface area contributed by atoms with E-state index in [4.69, 9.17) is 9.47 Å². The quantitative estimate of drug-likeness (QED) is 0.130. The van der Waals surface area contributed by atoms with Crippen LogP contribution in [0.5, 0.6) is 0 Å². The number of rotatable bonds is 15. The Balaban J connectivity index is 1.79. The van der Waals surface area contributed by atoms with Gasteiger partial charge in [-0.1, -0.05) is 41.9 Å². The number of aliphatic hydroxyl groups is 1. The first-order chi connectivity index (χ1) is 20.6. The second kappa shape index (κ2) is 13.9. The number of amides is 2. The Labute approximate surface area is 264 Å². The van der Waals surface area contributed by atoms with Crippen molar-refractivity contribution in [3.63, 3.8) is 0 Å². The van der Waals surface area contributed by atoms with Crippen LogP contribution in [0, 0.1) is 17.8 Å². The number of hydrogen-bond acceptors (Lipinski definition) is 7. The molecule has 4 rings (SSSR count). The zero-order valence-corrected chi connectivity index (χ0v) is 27.4. The molecule has 3 unspecified atom stereocenters. The van der Waals surface area contributed by atoms with Gasteiger partial charge < -0.3 is 29.3 Å². The SMILES string of the molecule is C=CCCOC(=O)[C@H]1[C@@H]2OC3(CC2Br)C(C(=O)N(CC=C)c2ccc(N(CC)CC)cc2)N([C@@H](CO)CC(C)C)C(=O)[C@H]13. The van der Waals surface area contributed by atoms with Crippen molar-refractivity contribution in [2.45, 2.75) is 75.6 Å². The number of nitrogens with zero attached hydrogens (tertiary/aromatic N) is 3. The standard InChI is InChI=1S/C33H46BrN3O6/c1-7-11-17-42-32(41)26-27-30(39)37(24(20-38)18-21(5)6)29(33(27)19-25(34)28(26)43-33)31(40)36(16-8-2)23-14-12-22(13-15-23)35(9-3)10-4/h7-8,12-15,21,24-29,38H,1-2,9-11,16-20H2,3-6H3/t24-,25?,26-,27+,28-,29?,33?/m1/s1. The van der Waals surface area contributed by atoms with E-state index < -0.39 is 41.6 Å². The fraction of sp³-hybridized carbons (Fsp3) is 0.606. The predicted octanol–water partition coefficient (Wildman–Crippen LogP) is 4.33. The van der Waals surface area contributed by atoms with E-state index in [1.165, 1.54) is 4.90 Å². The largest absolute Gasteiger partial charge is 0.465 e. The summed E-state index contributed by atoms with van der Waals surface area (Å²) >= 11 is 3.70. The van der Waals surface area contributed by atoms with E-state index in [0.717, 1.165) is 18.8 Å². The molecule has 3 fully saturated rings. The van der Waals surface area contributed by atoms with Gasteiger partial charge in [-0.2, -0.15) is 0 Å². The minimum Gasteiger partial charge on any atom is -0.465 e. The van der Waals surface area contributed by atoms with Gasteiger partial charge in [-0.05, 0) is 63.3 Å². The van der Waals surface area contributed by atoms with Crippen molar-refractivity contribution in [2.75, 3.05) is 42.6 Å². The van der Waals surface area contributed by atoms with E-state index in [-0.39, 0.29) is 42.3 Å². The average molecular weight is 661 g/mol. The van der Waals surface area contributed by atoms with Crippen molar-refractivity contribution in [3.05, 3.63) is 49.6 Å². The number of alkyl halides is 1. The number of carbonyl (C=O) groups excluding carboxylic acids is 3. The highest BCUT2D eigenvalue weighted by atomic mass is 79.9. The van der Waals surface area contributed by atoms with Crippen LogP contribution < -0.4 is 9.80 Å². The van der Waals surface area contributed by atoms with Gasteiger partial charge in [0.25, 0.3) is 5.91 Å². The summed E-state index contributed by atoms with van der Waals surface area (Å²) in [5, 5.41) is 10.6. The zero-order valence-electron chi connectivity index (χ0n) is 25.8. The van der Waals surface area contributed by atoms with Gasteiger partial charge in [-0.25, -0.2) is 0 Å². The van der Waals surface area contributed by atoms with Gasteiger partial charge in [0, 0.05) is 35.8 Å². The third-order valence-corrected chi connectivity index (χ3v) is 9.86. The third kappa shape index (κ3) is 6.02. The van der Waals surface area contributed by atoms with Crippen molar-refractivity contribution in [2.24, 2.45) is 17.8 Å². The van der Waals surface area contributed by atoms with E-state index >= 15 is 0 Å². The van der Waals surface area contributed by atoms with Gasteiger partial charge in [-0.15, -0.1) is 13.2 Å². The van der Waals surface area contributed by atoms with Crippen LogP contribution in [0.1, 0.15) is 47.0 Å². The maximum absolute atomic E-state index is 14.8. The molecule has 3 aliphatic heterocycles. The molecule has 236 valence electrons. The first-order valence-electron chi connectivity index (χ1n) is 15.4. The Kier molecular flexibility index (Phi) is 10.8. The zero-order chi connectivity index (χ0) is 31.5. The molecule has 0 radical (unpaired) electrons. The fourth-order valence-corrected chi connectivity index (χ4v) is 8.14. The van der Waals surface area contributed by atoms with Crippen molar-refractivity contribution >= 4 is 45.1 Å². The van der Waals surface area contributed by atoms with Crippen LogP contribution in [-0.2, 0) is 23.9 Å². The summed E-state index contributed by atoms with van der Waals surface area (Å²) in [5.74, 6) is -2.79. The van der Waals surface area contributed by atoms with Crippen LogP contribution in [0.3, 0.4) is 0 Å². The molecular weight excluding hydrogens is 614 g/mol. The van der Waals surface area contributed by atoms with E-state index in [1.807, 2.05) is 38.1 Å². The van der Waals surface area contributed by atoms with Gasteiger partial charge in [0.05, 0.1) is 37.2 Å². The summed E-state index contributed by atoms with van der Waals surface area (Å²) in [6, 6.07) is 6.12. The number of fused-ring (bicyclic) bond motifs is 1. The number of hydrogen-bond donors (Lipinski definition) is 1. The number of ether oxygens (including phenoxy) is 2. The first-order valence-corrected chi connectivity index (χ1v) is 16.3. The highest BCUT2D eigenvalue weighted by Crippen LogP contribution is 2.61. The van der Waals surface area contributed by atoms with Crippen molar-refractivity contribution in [1.29, 1.82) is 0 Å². The Bertz CT molecular complexity index is 1190. The molecule has 3 saturated heterocycles. The lowest BCUT2D eigenvalue weighted by Crippen LogP contribution is -2.59. The molecule has 1 N–H and O–H groups in total. The van der Waals surface area contributed by atoms with Gasteiger partial charge >= 0.3 is 5.97 Å². The van der Waals surface area contributed by atoms with Crippen LogP contribution >= 0.6 is 15.9 Å². The van der Waals surface area contributed by atoms with Crippen LogP contribution in [0.25, 0.3) is 0 Å². The molecule has 0 aliphatic carbocycles. The van der Waals surface area contributed by atoms with Crippen LogP contribution in [0.4, 0.5) is 11.4 Å². The molecule has 1 aromatic carbocycles. The summed E-state index contributed by atoms with van der Waals surface area (Å²) in [5.41, 5.74) is 0.465. The Morgan fingerprint density at radius 1 is 1.19 bits per heavy atom. The average Bonchev–Trinajstić information content (AvgIpc) is 3.58. The van der Waals surface area contributed by atoms with Crippen molar-refractivity contribution in [3.8, 4) is 0 Å². The molecule has 1 aromatic rings. The van der Waals surface area contributed by atoms with Crippen molar-refractivity contribution in [1.82, 2.24) is 4.90 Å². The summed E-state index contributed by atoms with van der Waals surface area (Å²) in [7, 11) is 0. The topological polar surface area (TPSA) is 99.6 Å². The van der Waals surface area contributed by atoms with Crippen LogP contribution in [0.15, 0.2) is 49.6 Å². The lowest BCUT2D eigenvalue weighted by atomic mass is 9.70. The fourth-order valence-electron chi connectivity index (χ4n) is 7.20. The van der Waals surface area contributed by atoms with Crippen LogP contribution in [-0.4, -0.2) is 89.3 Å². The van der Waals surface area contributed by atoms with E-state index in [0.29, 0.717) is 24.9 Å². The first kappa shape index (κ1) is 33.2. The van der Waals surface area contributed by atoms with E-state index in [2.05, 4.69) is 47.8 Å². The molecule has 43 heavy (non-hydrogen) atoms. The van der Waals surface area contributed by atoms with Crippen molar-refractivity contribution < 1.29 is 29.0 Å². The van der Waals surface area contributed by atoms with Gasteiger partial charge in [0.1, 0.15) is 11.6 Å². The number of anilines is 2. The van der Waals surface area contributed by atoms with Gasteiger partial charge in [0.15, 0.2) is 0 Å². The normalized spacial score (nSPS) is 28.1. The molecule has 0 saturated carbocycles. The van der Waals surface area contributed by atoms with E-state index in [1.54, 1.807) is 17.1 Å². The molecule has 3 aliphatic rings. The number of benzene rings is 1. The minimum atomic E-state index is -1.25. The molecule has 2 amide bonds. The third-order valence-electron chi connectivity index (χ3n) is 9.01. The lowest BCUT2D eigenvalue weighted by Gasteiger charge is -2.40. The molecule has 9 nitrogen and oxygen atoms in total. The summed E-state index contributed by atoms with van der Waals surface area (Å²) in [4.78, 5) is 47.8. The van der Waals surface area contributed by atoms with Gasteiger partial charge in [0.2, 0.25) is 5.91 Å².